The molecular formula is C51H31N3O2. The molecule has 56 heavy (non-hydrogen) atoms. The van der Waals surface area contributed by atoms with Gasteiger partial charge in [0, 0.05) is 21.9 Å². The zero-order valence-corrected chi connectivity index (χ0v) is 30.1. The van der Waals surface area contributed by atoms with Gasteiger partial charge in [0.2, 0.25) is 0 Å². The largest absolute Gasteiger partial charge is 0.456 e. The minimum atomic E-state index is -0.404. The number of aromatic nitrogens is 3. The maximum atomic E-state index is 13.9. The van der Waals surface area contributed by atoms with Crippen LogP contribution in [0.2, 0.25) is 0 Å². The molecule has 9 aromatic carbocycles. The van der Waals surface area contributed by atoms with Crippen LogP contribution in [0.25, 0.3) is 105 Å². The summed E-state index contributed by atoms with van der Waals surface area (Å²) in [5.74, 6) is 0.866. The summed E-state index contributed by atoms with van der Waals surface area (Å²) in [4.78, 5) is 23.5. The Morgan fingerprint density at radius 2 is 0.929 bits per heavy atom. The molecule has 11 aromatic rings. The number of nitrogens with zero attached hydrogens (tertiary/aromatic N) is 3. The quantitative estimate of drug-likeness (QED) is 0.166. The van der Waals surface area contributed by atoms with Gasteiger partial charge in [0.1, 0.15) is 11.2 Å². The van der Waals surface area contributed by atoms with Gasteiger partial charge in [-0.3, -0.25) is 0 Å². The molecule has 262 valence electrons. The van der Waals surface area contributed by atoms with E-state index in [1.807, 2.05) is 84.9 Å². The molecule has 2 aromatic heterocycles. The zero-order chi connectivity index (χ0) is 37.2. The number of benzene rings is 9. The fourth-order valence-electron chi connectivity index (χ4n) is 8.25. The predicted octanol–water partition coefficient (Wildman–Crippen LogP) is 12.7. The third-order valence-corrected chi connectivity index (χ3v) is 10.9. The van der Waals surface area contributed by atoms with Crippen LogP contribution in [-0.4, -0.2) is 14.5 Å². The summed E-state index contributed by atoms with van der Waals surface area (Å²) in [7, 11) is 0. The van der Waals surface area contributed by atoms with Crippen molar-refractivity contribution in [2.45, 2.75) is 0 Å². The van der Waals surface area contributed by atoms with Crippen LogP contribution in [0.4, 0.5) is 0 Å². The second kappa shape index (κ2) is 12.8. The van der Waals surface area contributed by atoms with Crippen LogP contribution in [0.3, 0.4) is 0 Å². The molecule has 0 N–H and O–H groups in total. The average Bonchev–Trinajstić information content (AvgIpc) is 3.65. The molecular weight excluding hydrogens is 687 g/mol. The number of fused-ring (bicyclic) bond motifs is 9. The van der Waals surface area contributed by atoms with Gasteiger partial charge in [-0.25, -0.2) is 14.3 Å². The lowest BCUT2D eigenvalue weighted by molar-refractivity contribution is 0.669. The Hall–Kier alpha value is -7.63. The Morgan fingerprint density at radius 1 is 0.393 bits per heavy atom. The van der Waals surface area contributed by atoms with Gasteiger partial charge in [-0.15, -0.1) is 0 Å². The summed E-state index contributed by atoms with van der Waals surface area (Å²) < 4.78 is 7.94. The van der Waals surface area contributed by atoms with Crippen LogP contribution in [0.1, 0.15) is 0 Å². The summed E-state index contributed by atoms with van der Waals surface area (Å²) in [5, 5.41) is 9.41. The van der Waals surface area contributed by atoms with Crippen molar-refractivity contribution in [1.29, 1.82) is 0 Å². The Kier molecular flexibility index (Phi) is 7.25. The predicted molar refractivity (Wildman–Crippen MR) is 229 cm³/mol. The lowest BCUT2D eigenvalue weighted by Crippen LogP contribution is -2.25. The van der Waals surface area contributed by atoms with E-state index < -0.39 is 5.69 Å². The fourth-order valence-corrected chi connectivity index (χ4v) is 8.25. The first kappa shape index (κ1) is 31.9. The number of hydrogen-bond donors (Lipinski definition) is 0. The van der Waals surface area contributed by atoms with E-state index in [-0.39, 0.29) is 0 Å². The van der Waals surface area contributed by atoms with Gasteiger partial charge in [-0.2, -0.15) is 4.98 Å². The van der Waals surface area contributed by atoms with Crippen molar-refractivity contribution in [2.24, 2.45) is 0 Å². The van der Waals surface area contributed by atoms with Crippen molar-refractivity contribution in [3.05, 3.63) is 199 Å². The van der Waals surface area contributed by atoms with Crippen molar-refractivity contribution >= 4 is 54.3 Å². The third-order valence-electron chi connectivity index (χ3n) is 10.9. The molecule has 0 atom stereocenters. The normalized spacial score (nSPS) is 11.6. The minimum Gasteiger partial charge on any atom is -0.456 e. The highest BCUT2D eigenvalue weighted by Gasteiger charge is 2.20. The van der Waals surface area contributed by atoms with E-state index in [9.17, 15) is 4.79 Å². The first-order valence-corrected chi connectivity index (χ1v) is 18.7. The van der Waals surface area contributed by atoms with Crippen molar-refractivity contribution in [3.8, 4) is 50.7 Å². The summed E-state index contributed by atoms with van der Waals surface area (Å²) in [6.07, 6.45) is 0. The van der Waals surface area contributed by atoms with Gasteiger partial charge in [0.05, 0.1) is 5.69 Å². The third kappa shape index (κ3) is 5.13. The van der Waals surface area contributed by atoms with E-state index in [0.717, 1.165) is 44.2 Å². The van der Waals surface area contributed by atoms with Crippen molar-refractivity contribution < 1.29 is 4.42 Å². The van der Waals surface area contributed by atoms with Crippen LogP contribution in [0, 0.1) is 0 Å². The van der Waals surface area contributed by atoms with Gasteiger partial charge >= 0.3 is 5.69 Å². The maximum absolute atomic E-state index is 13.9. The monoisotopic (exact) mass is 717 g/mol. The molecule has 0 radical (unpaired) electrons. The highest BCUT2D eigenvalue weighted by molar-refractivity contribution is 6.25. The van der Waals surface area contributed by atoms with Crippen LogP contribution in [0.15, 0.2) is 197 Å². The highest BCUT2D eigenvalue weighted by Crippen LogP contribution is 2.40. The summed E-state index contributed by atoms with van der Waals surface area (Å²) in [5.41, 5.74) is 7.79. The van der Waals surface area contributed by atoms with Crippen LogP contribution in [0.5, 0.6) is 0 Å². The highest BCUT2D eigenvalue weighted by atomic mass is 16.3. The molecule has 0 aliphatic carbocycles. The molecule has 0 aliphatic heterocycles. The van der Waals surface area contributed by atoms with Gasteiger partial charge < -0.3 is 4.42 Å². The molecule has 0 amide bonds. The Bertz CT molecular complexity index is 3330. The van der Waals surface area contributed by atoms with E-state index in [1.165, 1.54) is 37.9 Å². The molecule has 0 saturated carbocycles. The van der Waals surface area contributed by atoms with Gasteiger partial charge in [0.25, 0.3) is 0 Å². The van der Waals surface area contributed by atoms with E-state index in [1.54, 1.807) is 4.57 Å². The Morgan fingerprint density at radius 3 is 1.59 bits per heavy atom. The van der Waals surface area contributed by atoms with E-state index in [2.05, 4.69) is 108 Å². The molecule has 0 saturated heterocycles. The second-order valence-corrected chi connectivity index (χ2v) is 14.1. The van der Waals surface area contributed by atoms with E-state index in [4.69, 9.17) is 9.40 Å². The van der Waals surface area contributed by atoms with Gasteiger partial charge in [-0.05, 0) is 91.0 Å². The minimum absolute atomic E-state index is 0.347. The molecule has 11 rings (SSSR count). The topological polar surface area (TPSA) is 60.9 Å². The number of rotatable bonds is 5. The first-order valence-electron chi connectivity index (χ1n) is 18.7. The van der Waals surface area contributed by atoms with Crippen LogP contribution < -0.4 is 5.69 Å². The van der Waals surface area contributed by atoms with Gasteiger partial charge in [-0.1, -0.05) is 152 Å². The standard InChI is InChI=1S/C51H31N3O2/c55-51-53-49(52-50(34-12-3-1-4-13-34)54(51)37-14-5-2-6-15-37)43-20-11-21-47-48(43)45-31-36(27-29-46(45)56-47)33-24-22-32(23-25-33)35-26-28-42-40-18-8-7-16-38(40)39-17-9-10-19-41(39)44(42)30-35/h1-31H. The van der Waals surface area contributed by atoms with Crippen molar-refractivity contribution in [1.82, 2.24) is 14.5 Å². The molecule has 0 bridgehead atoms. The second-order valence-electron chi connectivity index (χ2n) is 14.1. The molecule has 5 heteroatoms. The Balaban J connectivity index is 1.01. The SMILES string of the molecule is O=c1nc(-c2cccc3oc4ccc(-c5ccc(-c6ccc7c8ccccc8c8ccccc8c7c6)cc5)cc4c23)nc(-c2ccccc2)n1-c1ccccc1. The average molecular weight is 718 g/mol. The summed E-state index contributed by atoms with van der Waals surface area (Å²) in [6.45, 7) is 0. The molecule has 0 spiro atoms. The lowest BCUT2D eigenvalue weighted by atomic mass is 9.91. The molecule has 2 heterocycles. The first-order chi connectivity index (χ1) is 27.7. The smallest absolute Gasteiger partial charge is 0.355 e. The summed E-state index contributed by atoms with van der Waals surface area (Å²) >= 11 is 0. The summed E-state index contributed by atoms with van der Waals surface area (Å²) in [6, 6.07) is 64.3. The van der Waals surface area contributed by atoms with E-state index >= 15 is 0 Å². The lowest BCUT2D eigenvalue weighted by Gasteiger charge is -2.13. The zero-order valence-electron chi connectivity index (χ0n) is 30.1. The fraction of sp³-hybridized carbons (Fsp3) is 0. The molecule has 0 aliphatic rings. The Labute approximate surface area is 321 Å². The maximum Gasteiger partial charge on any atom is 0.355 e. The molecule has 5 nitrogen and oxygen atoms in total. The number of furan rings is 1. The van der Waals surface area contributed by atoms with Crippen LogP contribution in [-0.2, 0) is 0 Å². The molecule has 0 unspecified atom stereocenters. The van der Waals surface area contributed by atoms with Crippen molar-refractivity contribution in [3.63, 3.8) is 0 Å². The number of hydrogen-bond acceptors (Lipinski definition) is 4. The molecule has 0 fully saturated rings. The van der Waals surface area contributed by atoms with Crippen LogP contribution >= 0.6 is 0 Å². The van der Waals surface area contributed by atoms with E-state index in [0.29, 0.717) is 22.9 Å². The number of para-hydroxylation sites is 1. The van der Waals surface area contributed by atoms with Gasteiger partial charge in [0.15, 0.2) is 11.6 Å². The van der Waals surface area contributed by atoms with Crippen molar-refractivity contribution in [2.75, 3.05) is 0 Å².